The number of likely N-dealkylation sites (N-methyl/N-ethyl adjacent to an activating group) is 1. The molecule has 5 heterocycles. The number of ether oxygens (including phenoxy) is 2. The van der Waals surface area contributed by atoms with Gasteiger partial charge in [0.1, 0.15) is 17.0 Å². The first kappa shape index (κ1) is 26.1. The highest BCUT2D eigenvalue weighted by Crippen LogP contribution is 2.37. The molecular weight excluding hydrogens is 512 g/mol. The van der Waals surface area contributed by atoms with Crippen molar-refractivity contribution in [2.45, 2.75) is 51.4 Å². The molecule has 2 saturated heterocycles. The normalized spacial score (nSPS) is 21.4. The monoisotopic (exact) mass is 546 g/mol. The fourth-order valence-corrected chi connectivity index (χ4v) is 5.55. The van der Waals surface area contributed by atoms with Gasteiger partial charge in [-0.1, -0.05) is 12.1 Å². The molecule has 0 spiro atoms. The third kappa shape index (κ3) is 5.06. The van der Waals surface area contributed by atoms with Crippen LogP contribution in [0.4, 0.5) is 22.2 Å². The summed E-state index contributed by atoms with van der Waals surface area (Å²) < 4.78 is 14.0. The molecule has 12 nitrogen and oxygen atoms in total. The number of benzene rings is 1. The maximum Gasteiger partial charge on any atom is 0.324 e. The summed E-state index contributed by atoms with van der Waals surface area (Å²) in [7, 11) is 1.75. The number of aromatic nitrogens is 4. The molecule has 6 rings (SSSR count). The average Bonchev–Trinajstić information content (AvgIpc) is 3.46. The van der Waals surface area contributed by atoms with Gasteiger partial charge >= 0.3 is 6.03 Å². The Kier molecular flexibility index (Phi) is 6.57. The zero-order valence-corrected chi connectivity index (χ0v) is 23.2. The Hall–Kier alpha value is -4.19. The lowest BCUT2D eigenvalue weighted by Crippen LogP contribution is -2.43. The summed E-state index contributed by atoms with van der Waals surface area (Å²) in [5.41, 5.74) is 1.54. The number of nitrogens with one attached hydrogen (secondary N) is 2. The average molecular weight is 547 g/mol. The molecule has 2 atom stereocenters. The fraction of sp³-hybridized carbons (Fsp3) is 0.464. The van der Waals surface area contributed by atoms with Crippen molar-refractivity contribution >= 4 is 29.4 Å². The molecule has 12 heteroatoms. The van der Waals surface area contributed by atoms with Crippen molar-refractivity contribution in [3.05, 3.63) is 42.1 Å². The van der Waals surface area contributed by atoms with E-state index in [-0.39, 0.29) is 24.1 Å². The summed E-state index contributed by atoms with van der Waals surface area (Å²) in [5, 5.41) is 9.64. The molecule has 2 bridgehead atoms. The lowest BCUT2D eigenvalue weighted by atomic mass is 10.0. The number of morpholine rings is 1. The number of amides is 3. The summed E-state index contributed by atoms with van der Waals surface area (Å²) in [4.78, 5) is 40.0. The van der Waals surface area contributed by atoms with Crippen LogP contribution in [-0.4, -0.2) is 80.6 Å². The number of carbonyl (C=O) groups excluding carboxylic acids is 2. The van der Waals surface area contributed by atoms with Crippen molar-refractivity contribution < 1.29 is 19.1 Å². The van der Waals surface area contributed by atoms with E-state index in [1.165, 1.54) is 0 Å². The van der Waals surface area contributed by atoms with Crippen molar-refractivity contribution in [3.8, 4) is 17.1 Å². The fourth-order valence-electron chi connectivity index (χ4n) is 5.55. The highest BCUT2D eigenvalue weighted by Gasteiger charge is 2.39. The minimum Gasteiger partial charge on any atom is -0.469 e. The molecular formula is C28H34N8O4. The van der Waals surface area contributed by atoms with Gasteiger partial charge in [0.05, 0.1) is 30.6 Å². The van der Waals surface area contributed by atoms with Gasteiger partial charge in [-0.3, -0.25) is 14.8 Å². The van der Waals surface area contributed by atoms with E-state index in [2.05, 4.69) is 20.6 Å². The predicted octanol–water partition coefficient (Wildman–Crippen LogP) is 3.52. The Morgan fingerprint density at radius 3 is 2.45 bits per heavy atom. The Morgan fingerprint density at radius 1 is 1.07 bits per heavy atom. The Morgan fingerprint density at radius 2 is 1.80 bits per heavy atom. The van der Waals surface area contributed by atoms with Crippen LogP contribution in [0.5, 0.6) is 5.88 Å². The summed E-state index contributed by atoms with van der Waals surface area (Å²) in [6.45, 7) is 8.24. The number of hydrogen-bond donors (Lipinski definition) is 2. The van der Waals surface area contributed by atoms with Crippen molar-refractivity contribution in [1.29, 1.82) is 0 Å². The third-order valence-electron chi connectivity index (χ3n) is 7.50. The third-order valence-corrected chi connectivity index (χ3v) is 7.50. The molecule has 3 aromatic rings. The molecule has 40 heavy (non-hydrogen) atoms. The quantitative estimate of drug-likeness (QED) is 0.498. The topological polar surface area (TPSA) is 127 Å². The van der Waals surface area contributed by atoms with Crippen LogP contribution in [0.1, 0.15) is 44.0 Å². The van der Waals surface area contributed by atoms with Gasteiger partial charge in [0.15, 0.2) is 0 Å². The largest absolute Gasteiger partial charge is 0.469 e. The maximum atomic E-state index is 13.8. The van der Waals surface area contributed by atoms with Gasteiger partial charge in [0, 0.05) is 44.0 Å². The minimum absolute atomic E-state index is 0.155. The molecule has 2 fully saturated rings. The number of nitrogens with zero attached hydrogens (tertiary/aromatic N) is 6. The summed E-state index contributed by atoms with van der Waals surface area (Å²) in [6, 6.07) is 8.57. The Labute approximate surface area is 232 Å². The standard InChI is InChI=1S/C28H34N8O4/c1-5-35-16-28(2,3)40-24-22(25(35)37)23(32-26(33-24)36-14-19-10-11-20(15-36)39-19)17-6-8-18(9-7-17)30-27(38)31-21-12-13-29-34(21)4/h6-9,12-13,19-20H,5,10-11,14-16H2,1-4H3,(H2,30,31,38). The number of hydrogen-bond acceptors (Lipinski definition) is 8. The van der Waals surface area contributed by atoms with Gasteiger partial charge in [0.2, 0.25) is 11.8 Å². The molecule has 0 radical (unpaired) electrons. The summed E-state index contributed by atoms with van der Waals surface area (Å²) >= 11 is 0. The zero-order valence-electron chi connectivity index (χ0n) is 23.2. The van der Waals surface area contributed by atoms with E-state index in [1.54, 1.807) is 41.0 Å². The van der Waals surface area contributed by atoms with Gasteiger partial charge in [0.25, 0.3) is 5.91 Å². The molecule has 3 amide bonds. The summed E-state index contributed by atoms with van der Waals surface area (Å²) in [5.74, 6) is 1.23. The minimum atomic E-state index is -0.626. The molecule has 2 N–H and O–H groups in total. The molecule has 0 aliphatic carbocycles. The lowest BCUT2D eigenvalue weighted by molar-refractivity contribution is 0.0297. The second-order valence-corrected chi connectivity index (χ2v) is 11.1. The van der Waals surface area contributed by atoms with Crippen LogP contribution in [-0.2, 0) is 11.8 Å². The van der Waals surface area contributed by atoms with Crippen LogP contribution in [0, 0.1) is 0 Å². The van der Waals surface area contributed by atoms with E-state index in [1.807, 2.05) is 32.9 Å². The van der Waals surface area contributed by atoms with E-state index in [0.717, 1.165) is 18.4 Å². The van der Waals surface area contributed by atoms with Crippen molar-refractivity contribution in [1.82, 2.24) is 24.6 Å². The van der Waals surface area contributed by atoms with Gasteiger partial charge in [-0.2, -0.15) is 10.1 Å². The van der Waals surface area contributed by atoms with Crippen LogP contribution in [0.2, 0.25) is 0 Å². The van der Waals surface area contributed by atoms with Gasteiger partial charge < -0.3 is 24.6 Å². The van der Waals surface area contributed by atoms with Crippen LogP contribution < -0.4 is 20.3 Å². The van der Waals surface area contributed by atoms with Crippen molar-refractivity contribution in [3.63, 3.8) is 0 Å². The number of rotatable bonds is 5. The number of fused-ring (bicyclic) bond motifs is 3. The van der Waals surface area contributed by atoms with Crippen LogP contribution >= 0.6 is 0 Å². The molecule has 3 aliphatic rings. The maximum absolute atomic E-state index is 13.8. The van der Waals surface area contributed by atoms with E-state index < -0.39 is 5.60 Å². The van der Waals surface area contributed by atoms with Gasteiger partial charge in [-0.05, 0) is 45.7 Å². The first-order valence-electron chi connectivity index (χ1n) is 13.7. The van der Waals surface area contributed by atoms with Crippen LogP contribution in [0.3, 0.4) is 0 Å². The first-order chi connectivity index (χ1) is 19.2. The van der Waals surface area contributed by atoms with Crippen LogP contribution in [0.15, 0.2) is 36.5 Å². The smallest absolute Gasteiger partial charge is 0.324 e. The lowest BCUT2D eigenvalue weighted by Gasteiger charge is -2.33. The number of anilines is 3. The van der Waals surface area contributed by atoms with E-state index >= 15 is 0 Å². The second kappa shape index (κ2) is 10.1. The predicted molar refractivity (Wildman–Crippen MR) is 150 cm³/mol. The second-order valence-electron chi connectivity index (χ2n) is 11.1. The van der Waals surface area contributed by atoms with Gasteiger partial charge in [-0.25, -0.2) is 9.78 Å². The van der Waals surface area contributed by atoms with E-state index in [9.17, 15) is 9.59 Å². The molecule has 2 aromatic heterocycles. The van der Waals surface area contributed by atoms with Gasteiger partial charge in [-0.15, -0.1) is 0 Å². The first-order valence-corrected chi connectivity index (χ1v) is 13.7. The number of urea groups is 1. The Bertz CT molecular complexity index is 1420. The van der Waals surface area contributed by atoms with Crippen molar-refractivity contribution in [2.24, 2.45) is 7.05 Å². The highest BCUT2D eigenvalue weighted by molar-refractivity contribution is 6.03. The summed E-state index contributed by atoms with van der Waals surface area (Å²) in [6.07, 6.45) is 3.96. The SMILES string of the molecule is CCN1CC(C)(C)Oc2nc(N3CC4CCC(C3)O4)nc(-c3ccc(NC(=O)Nc4ccnn4C)cc3)c2C1=O. The van der Waals surface area contributed by atoms with Crippen LogP contribution in [0.25, 0.3) is 11.3 Å². The molecule has 3 aliphatic heterocycles. The molecule has 1 aromatic carbocycles. The Balaban J connectivity index is 1.35. The number of aryl methyl sites for hydroxylation is 1. The number of carbonyl (C=O) groups is 2. The molecule has 210 valence electrons. The van der Waals surface area contributed by atoms with Crippen molar-refractivity contribution in [2.75, 3.05) is 41.7 Å². The molecule has 0 saturated carbocycles. The zero-order chi connectivity index (χ0) is 28.0. The highest BCUT2D eigenvalue weighted by atomic mass is 16.5. The molecule has 2 unspecified atom stereocenters. The van der Waals surface area contributed by atoms with E-state index in [0.29, 0.717) is 60.8 Å². The van der Waals surface area contributed by atoms with E-state index in [4.69, 9.17) is 19.4 Å².